The van der Waals surface area contributed by atoms with Gasteiger partial charge < -0.3 is 4.42 Å². The van der Waals surface area contributed by atoms with Gasteiger partial charge in [0.1, 0.15) is 0 Å². The first kappa shape index (κ1) is 15.5. The number of furan rings is 1. The molecule has 0 bridgehead atoms. The number of hydrogen-bond acceptors (Lipinski definition) is 2. The van der Waals surface area contributed by atoms with E-state index in [0.717, 1.165) is 19.3 Å². The molecule has 0 N–H and O–H groups in total. The minimum absolute atomic E-state index is 0.180. The molecule has 2 nitrogen and oxygen atoms in total. The quantitative estimate of drug-likeness (QED) is 0.377. The molecule has 0 spiro atoms. The van der Waals surface area contributed by atoms with Crippen molar-refractivity contribution in [1.29, 1.82) is 5.26 Å². The molecule has 1 atom stereocenters. The van der Waals surface area contributed by atoms with Gasteiger partial charge in [0.25, 0.3) is 0 Å². The Hall–Kier alpha value is -3.05. The van der Waals surface area contributed by atoms with Crippen LogP contribution in [0.3, 0.4) is 0 Å². The van der Waals surface area contributed by atoms with Gasteiger partial charge in [-0.1, -0.05) is 48.5 Å². The van der Waals surface area contributed by atoms with Crippen LogP contribution in [-0.2, 0) is 12.8 Å². The van der Waals surface area contributed by atoms with Crippen LogP contribution in [0.5, 0.6) is 0 Å². The molecule has 122 valence electrons. The Morgan fingerprint density at radius 1 is 0.840 bits per heavy atom. The molecule has 1 aliphatic carbocycles. The lowest BCUT2D eigenvalue weighted by Gasteiger charge is -2.22. The van der Waals surface area contributed by atoms with Crippen LogP contribution in [-0.4, -0.2) is 0 Å². The molecule has 0 radical (unpaired) electrons. The summed E-state index contributed by atoms with van der Waals surface area (Å²) in [5, 5.41) is 14.5. The van der Waals surface area contributed by atoms with Gasteiger partial charge in [0.05, 0.1) is 24.5 Å². The molecular formula is C23H19NO. The van der Waals surface area contributed by atoms with Gasteiger partial charge in [-0.25, -0.2) is 0 Å². The predicted octanol–water partition coefficient (Wildman–Crippen LogP) is 5.90. The summed E-state index contributed by atoms with van der Waals surface area (Å²) in [6.45, 7) is 0. The highest BCUT2D eigenvalue weighted by atomic mass is 16.3. The van der Waals surface area contributed by atoms with E-state index in [4.69, 9.17) is 0 Å². The minimum atomic E-state index is 0.180. The largest absolute Gasteiger partial charge is 0.473 e. The Bertz CT molecular complexity index is 1020. The SMILES string of the molecule is N#CC1CCc2ccc3c(ccc4ccccc43)c2C1.c1ccoc1. The van der Waals surface area contributed by atoms with Crippen molar-refractivity contribution in [3.8, 4) is 6.07 Å². The Balaban J connectivity index is 0.000000272. The fourth-order valence-electron chi connectivity index (χ4n) is 3.69. The first-order chi connectivity index (χ1) is 12.4. The predicted molar refractivity (Wildman–Crippen MR) is 101 cm³/mol. The van der Waals surface area contributed by atoms with Crippen LogP contribution in [0.1, 0.15) is 17.5 Å². The van der Waals surface area contributed by atoms with Crippen LogP contribution in [0.4, 0.5) is 0 Å². The second kappa shape index (κ2) is 6.83. The van der Waals surface area contributed by atoms with E-state index in [-0.39, 0.29) is 5.92 Å². The van der Waals surface area contributed by atoms with Crippen molar-refractivity contribution in [1.82, 2.24) is 0 Å². The fraction of sp³-hybridized carbons (Fsp3) is 0.174. The third-order valence-electron chi connectivity index (χ3n) is 4.96. The van der Waals surface area contributed by atoms with Gasteiger partial charge in [-0.05, 0) is 64.1 Å². The number of fused-ring (bicyclic) bond motifs is 5. The lowest BCUT2D eigenvalue weighted by molar-refractivity contribution is 0.567. The molecule has 1 heterocycles. The van der Waals surface area contributed by atoms with E-state index < -0.39 is 0 Å². The van der Waals surface area contributed by atoms with E-state index in [1.54, 1.807) is 12.5 Å². The van der Waals surface area contributed by atoms with Crippen molar-refractivity contribution in [2.75, 3.05) is 0 Å². The number of rotatable bonds is 0. The van der Waals surface area contributed by atoms with Gasteiger partial charge >= 0.3 is 0 Å². The number of benzene rings is 3. The summed E-state index contributed by atoms with van der Waals surface area (Å²) in [6.07, 6.45) is 6.19. The van der Waals surface area contributed by atoms with Crippen molar-refractivity contribution in [3.05, 3.63) is 84.3 Å². The standard InChI is InChI=1S/C19H15N.C4H4O/c20-12-13-5-6-15-8-9-17-16-4-2-1-3-14(16)7-10-18(17)19(15)11-13;1-2-4-5-3-1/h1-4,7-10,13H,5-6,11H2;1-4H. The molecule has 5 rings (SSSR count). The van der Waals surface area contributed by atoms with E-state index in [1.807, 2.05) is 12.1 Å². The highest BCUT2D eigenvalue weighted by molar-refractivity contribution is 6.08. The maximum absolute atomic E-state index is 9.21. The summed E-state index contributed by atoms with van der Waals surface area (Å²) in [4.78, 5) is 0. The zero-order chi connectivity index (χ0) is 17.1. The molecular weight excluding hydrogens is 306 g/mol. The van der Waals surface area contributed by atoms with Gasteiger partial charge in [0, 0.05) is 0 Å². The van der Waals surface area contributed by atoms with Gasteiger partial charge in [-0.2, -0.15) is 5.26 Å². The monoisotopic (exact) mass is 325 g/mol. The molecule has 2 heteroatoms. The summed E-state index contributed by atoms with van der Waals surface area (Å²) < 4.78 is 4.58. The van der Waals surface area contributed by atoms with Crippen molar-refractivity contribution in [2.45, 2.75) is 19.3 Å². The van der Waals surface area contributed by atoms with Gasteiger partial charge in [-0.15, -0.1) is 0 Å². The summed E-state index contributed by atoms with van der Waals surface area (Å²) in [5.74, 6) is 0.180. The third-order valence-corrected chi connectivity index (χ3v) is 4.96. The van der Waals surface area contributed by atoms with Gasteiger partial charge in [0.2, 0.25) is 0 Å². The average Bonchev–Trinajstić information content (AvgIpc) is 3.27. The maximum atomic E-state index is 9.21. The van der Waals surface area contributed by atoms with E-state index in [2.05, 4.69) is 59.0 Å². The molecule has 4 aromatic rings. The van der Waals surface area contributed by atoms with Crippen molar-refractivity contribution in [3.63, 3.8) is 0 Å². The Morgan fingerprint density at radius 2 is 1.64 bits per heavy atom. The van der Waals surface area contributed by atoms with E-state index in [0.29, 0.717) is 0 Å². The first-order valence-corrected chi connectivity index (χ1v) is 8.66. The molecule has 0 amide bonds. The molecule has 3 aromatic carbocycles. The third kappa shape index (κ3) is 3.02. The number of nitriles is 1. The summed E-state index contributed by atoms with van der Waals surface area (Å²) >= 11 is 0. The maximum Gasteiger partial charge on any atom is 0.0902 e. The minimum Gasteiger partial charge on any atom is -0.473 e. The molecule has 0 fully saturated rings. The zero-order valence-electron chi connectivity index (χ0n) is 14.0. The van der Waals surface area contributed by atoms with Gasteiger partial charge in [0.15, 0.2) is 0 Å². The molecule has 1 aliphatic rings. The normalized spacial score (nSPS) is 15.9. The Morgan fingerprint density at radius 3 is 2.40 bits per heavy atom. The van der Waals surface area contributed by atoms with Crippen LogP contribution in [0.25, 0.3) is 21.5 Å². The molecule has 0 aliphatic heterocycles. The molecule has 1 unspecified atom stereocenters. The van der Waals surface area contributed by atoms with Crippen LogP contribution < -0.4 is 0 Å². The lowest BCUT2D eigenvalue weighted by atomic mass is 9.81. The van der Waals surface area contributed by atoms with E-state index in [9.17, 15) is 5.26 Å². The van der Waals surface area contributed by atoms with Crippen LogP contribution in [0.2, 0.25) is 0 Å². The Kier molecular flexibility index (Phi) is 4.23. The average molecular weight is 325 g/mol. The molecule has 25 heavy (non-hydrogen) atoms. The second-order valence-electron chi connectivity index (χ2n) is 6.45. The van der Waals surface area contributed by atoms with Crippen LogP contribution in [0.15, 0.2) is 77.6 Å². The Labute approximate surface area is 147 Å². The van der Waals surface area contributed by atoms with E-state index in [1.165, 1.54) is 32.7 Å². The summed E-state index contributed by atoms with van der Waals surface area (Å²) in [7, 11) is 0. The molecule has 1 aromatic heterocycles. The van der Waals surface area contributed by atoms with Crippen molar-refractivity contribution >= 4 is 21.5 Å². The first-order valence-electron chi connectivity index (χ1n) is 8.66. The van der Waals surface area contributed by atoms with Crippen molar-refractivity contribution < 1.29 is 4.42 Å². The number of nitrogens with zero attached hydrogens (tertiary/aromatic N) is 1. The number of aryl methyl sites for hydroxylation is 1. The van der Waals surface area contributed by atoms with Crippen LogP contribution >= 0.6 is 0 Å². The zero-order valence-corrected chi connectivity index (χ0v) is 14.0. The smallest absolute Gasteiger partial charge is 0.0902 e. The van der Waals surface area contributed by atoms with E-state index >= 15 is 0 Å². The topological polar surface area (TPSA) is 36.9 Å². The fourth-order valence-corrected chi connectivity index (χ4v) is 3.69. The lowest BCUT2D eigenvalue weighted by Crippen LogP contribution is -2.12. The number of hydrogen-bond donors (Lipinski definition) is 0. The van der Waals surface area contributed by atoms with Crippen LogP contribution in [0, 0.1) is 17.2 Å². The van der Waals surface area contributed by atoms with Crippen molar-refractivity contribution in [2.24, 2.45) is 5.92 Å². The second-order valence-corrected chi connectivity index (χ2v) is 6.45. The molecule has 0 saturated carbocycles. The highest BCUT2D eigenvalue weighted by Gasteiger charge is 2.20. The summed E-state index contributed by atoms with van der Waals surface area (Å²) in [6, 6.07) is 23.6. The highest BCUT2D eigenvalue weighted by Crippen LogP contribution is 2.34. The van der Waals surface area contributed by atoms with Gasteiger partial charge in [-0.3, -0.25) is 0 Å². The molecule has 0 saturated heterocycles. The summed E-state index contributed by atoms with van der Waals surface area (Å²) in [5.41, 5.74) is 2.82.